The molecule has 0 radical (unpaired) electrons. The summed E-state index contributed by atoms with van der Waals surface area (Å²) in [6.45, 7) is 1.67. The predicted molar refractivity (Wildman–Crippen MR) is 85.5 cm³/mol. The molecule has 2 unspecified atom stereocenters. The first-order valence-electron chi connectivity index (χ1n) is 7.45. The van der Waals surface area contributed by atoms with Crippen LogP contribution < -0.4 is 10.1 Å². The third kappa shape index (κ3) is 5.71. The minimum atomic E-state index is -0.635. The van der Waals surface area contributed by atoms with Crippen molar-refractivity contribution in [2.75, 3.05) is 6.61 Å². The minimum absolute atomic E-state index is 0.155. The molecule has 122 valence electrons. The summed E-state index contributed by atoms with van der Waals surface area (Å²) >= 11 is 0. The van der Waals surface area contributed by atoms with E-state index < -0.39 is 6.10 Å². The number of nitrogens with one attached hydrogen (secondary N) is 1. The quantitative estimate of drug-likeness (QED) is 0.825. The fourth-order valence-corrected chi connectivity index (χ4v) is 2.20. The molecule has 0 heterocycles. The number of carbonyl (C=O) groups excluding carboxylic acids is 1. The summed E-state index contributed by atoms with van der Waals surface area (Å²) in [6, 6.07) is 14.6. The van der Waals surface area contributed by atoms with Crippen molar-refractivity contribution in [2.24, 2.45) is 0 Å². The molecule has 0 aliphatic heterocycles. The molecule has 2 rings (SSSR count). The van der Waals surface area contributed by atoms with E-state index in [4.69, 9.17) is 4.74 Å². The van der Waals surface area contributed by atoms with Gasteiger partial charge >= 0.3 is 0 Å². The van der Waals surface area contributed by atoms with Crippen LogP contribution in [0, 0.1) is 5.82 Å². The Bertz CT molecular complexity index is 616. The first-order chi connectivity index (χ1) is 11.0. The first kappa shape index (κ1) is 17.0. The van der Waals surface area contributed by atoms with Gasteiger partial charge in [0, 0.05) is 6.04 Å². The summed E-state index contributed by atoms with van der Waals surface area (Å²) in [4.78, 5) is 11.8. The second-order valence-electron chi connectivity index (χ2n) is 5.37. The van der Waals surface area contributed by atoms with E-state index in [-0.39, 0.29) is 24.4 Å². The molecule has 2 N–H and O–H groups in total. The maximum Gasteiger partial charge on any atom is 0.258 e. The summed E-state index contributed by atoms with van der Waals surface area (Å²) in [7, 11) is 0. The standard InChI is InChI=1S/C18H20FNO3/c1-13(11-17(21)14-5-3-2-4-6-14)20-18(22)12-23-16-9-7-15(19)8-10-16/h2-10,13,17,21H,11-12H2,1H3,(H,20,22). The lowest BCUT2D eigenvalue weighted by molar-refractivity contribution is -0.123. The van der Waals surface area contributed by atoms with E-state index in [1.54, 1.807) is 0 Å². The number of ether oxygens (including phenoxy) is 1. The van der Waals surface area contributed by atoms with Crippen LogP contribution in [0.4, 0.5) is 4.39 Å². The van der Waals surface area contributed by atoms with E-state index in [2.05, 4.69) is 5.32 Å². The third-order valence-electron chi connectivity index (χ3n) is 3.35. The topological polar surface area (TPSA) is 58.6 Å². The van der Waals surface area contributed by atoms with E-state index >= 15 is 0 Å². The average Bonchev–Trinajstić information content (AvgIpc) is 2.55. The van der Waals surface area contributed by atoms with Gasteiger partial charge in [-0.3, -0.25) is 4.79 Å². The SMILES string of the molecule is CC(CC(O)c1ccccc1)NC(=O)COc1ccc(F)cc1. The maximum atomic E-state index is 12.8. The van der Waals surface area contributed by atoms with Crippen molar-refractivity contribution in [3.8, 4) is 5.75 Å². The minimum Gasteiger partial charge on any atom is -0.484 e. The summed E-state index contributed by atoms with van der Waals surface area (Å²) in [5, 5.41) is 12.9. The smallest absolute Gasteiger partial charge is 0.258 e. The highest BCUT2D eigenvalue weighted by Crippen LogP contribution is 2.17. The molecule has 0 aromatic heterocycles. The number of amides is 1. The van der Waals surface area contributed by atoms with E-state index in [1.807, 2.05) is 37.3 Å². The second-order valence-corrected chi connectivity index (χ2v) is 5.37. The van der Waals surface area contributed by atoms with Crippen molar-refractivity contribution < 1.29 is 19.0 Å². The van der Waals surface area contributed by atoms with Crippen LogP contribution in [-0.4, -0.2) is 23.7 Å². The molecule has 0 spiro atoms. The fraction of sp³-hybridized carbons (Fsp3) is 0.278. The van der Waals surface area contributed by atoms with Gasteiger partial charge in [0.25, 0.3) is 5.91 Å². The van der Waals surface area contributed by atoms with Gasteiger partial charge in [-0.2, -0.15) is 0 Å². The van der Waals surface area contributed by atoms with Crippen LogP contribution in [0.15, 0.2) is 54.6 Å². The Labute approximate surface area is 134 Å². The highest BCUT2D eigenvalue weighted by atomic mass is 19.1. The molecule has 0 saturated carbocycles. The Morgan fingerprint density at radius 3 is 2.48 bits per heavy atom. The van der Waals surface area contributed by atoms with Crippen molar-refractivity contribution >= 4 is 5.91 Å². The largest absolute Gasteiger partial charge is 0.484 e. The molecular weight excluding hydrogens is 297 g/mol. The Morgan fingerprint density at radius 1 is 1.17 bits per heavy atom. The molecule has 4 nitrogen and oxygen atoms in total. The monoisotopic (exact) mass is 317 g/mol. The number of hydrogen-bond acceptors (Lipinski definition) is 3. The lowest BCUT2D eigenvalue weighted by Gasteiger charge is -2.18. The zero-order valence-corrected chi connectivity index (χ0v) is 12.9. The zero-order valence-electron chi connectivity index (χ0n) is 12.9. The van der Waals surface area contributed by atoms with Crippen LogP contribution in [0.1, 0.15) is 25.0 Å². The van der Waals surface area contributed by atoms with Gasteiger partial charge in [0.2, 0.25) is 0 Å². The van der Waals surface area contributed by atoms with Crippen molar-refractivity contribution in [1.29, 1.82) is 0 Å². The molecule has 0 aliphatic carbocycles. The van der Waals surface area contributed by atoms with Crippen LogP contribution in [-0.2, 0) is 4.79 Å². The molecule has 23 heavy (non-hydrogen) atoms. The molecule has 2 aromatic rings. The van der Waals surface area contributed by atoms with Crippen LogP contribution in [0.2, 0.25) is 0 Å². The van der Waals surface area contributed by atoms with Crippen molar-refractivity contribution in [3.05, 3.63) is 66.0 Å². The average molecular weight is 317 g/mol. The Kier molecular flexibility index (Phi) is 6.11. The van der Waals surface area contributed by atoms with Crippen LogP contribution in [0.5, 0.6) is 5.75 Å². The van der Waals surface area contributed by atoms with Crippen LogP contribution >= 0.6 is 0 Å². The Balaban J connectivity index is 1.75. The number of benzene rings is 2. The van der Waals surface area contributed by atoms with Gasteiger partial charge in [-0.1, -0.05) is 30.3 Å². The van der Waals surface area contributed by atoms with Gasteiger partial charge in [0.15, 0.2) is 6.61 Å². The molecule has 1 amide bonds. The lowest BCUT2D eigenvalue weighted by Crippen LogP contribution is -2.37. The van der Waals surface area contributed by atoms with Gasteiger partial charge in [-0.15, -0.1) is 0 Å². The van der Waals surface area contributed by atoms with Crippen molar-refractivity contribution in [1.82, 2.24) is 5.32 Å². The van der Waals surface area contributed by atoms with Gasteiger partial charge < -0.3 is 15.2 Å². The van der Waals surface area contributed by atoms with Crippen LogP contribution in [0.3, 0.4) is 0 Å². The Hall–Kier alpha value is -2.40. The molecule has 0 aliphatic rings. The first-order valence-corrected chi connectivity index (χ1v) is 7.45. The number of aliphatic hydroxyl groups excluding tert-OH is 1. The number of halogens is 1. The number of carbonyl (C=O) groups is 1. The highest BCUT2D eigenvalue weighted by molar-refractivity contribution is 5.77. The van der Waals surface area contributed by atoms with Gasteiger partial charge in [0.1, 0.15) is 11.6 Å². The number of aliphatic hydroxyl groups is 1. The van der Waals surface area contributed by atoms with E-state index in [0.29, 0.717) is 12.2 Å². The summed E-state index contributed by atoms with van der Waals surface area (Å²) in [5.74, 6) is -0.217. The van der Waals surface area contributed by atoms with Gasteiger partial charge in [0.05, 0.1) is 6.10 Å². The maximum absolute atomic E-state index is 12.8. The molecular formula is C18H20FNO3. The lowest BCUT2D eigenvalue weighted by atomic mass is 10.0. The summed E-state index contributed by atoms with van der Waals surface area (Å²) in [6.07, 6.45) is -0.226. The molecule has 0 bridgehead atoms. The summed E-state index contributed by atoms with van der Waals surface area (Å²) in [5.41, 5.74) is 0.816. The number of hydrogen-bond donors (Lipinski definition) is 2. The third-order valence-corrected chi connectivity index (χ3v) is 3.35. The zero-order chi connectivity index (χ0) is 16.7. The van der Waals surface area contributed by atoms with Crippen LogP contribution in [0.25, 0.3) is 0 Å². The van der Waals surface area contributed by atoms with E-state index in [9.17, 15) is 14.3 Å². The van der Waals surface area contributed by atoms with E-state index in [0.717, 1.165) is 5.56 Å². The van der Waals surface area contributed by atoms with Crippen molar-refractivity contribution in [2.45, 2.75) is 25.5 Å². The number of rotatable bonds is 7. The predicted octanol–water partition coefficient (Wildman–Crippen LogP) is 2.83. The van der Waals surface area contributed by atoms with E-state index in [1.165, 1.54) is 24.3 Å². The molecule has 2 aromatic carbocycles. The second kappa shape index (κ2) is 8.29. The molecule has 2 atom stereocenters. The fourth-order valence-electron chi connectivity index (χ4n) is 2.20. The van der Waals surface area contributed by atoms with Gasteiger partial charge in [-0.05, 0) is 43.2 Å². The molecule has 0 fully saturated rings. The highest BCUT2D eigenvalue weighted by Gasteiger charge is 2.14. The summed E-state index contributed by atoms with van der Waals surface area (Å²) < 4.78 is 18.0. The molecule has 5 heteroatoms. The van der Waals surface area contributed by atoms with Crippen molar-refractivity contribution in [3.63, 3.8) is 0 Å². The Morgan fingerprint density at radius 2 is 1.83 bits per heavy atom. The molecule has 0 saturated heterocycles. The normalized spacial score (nSPS) is 13.2. The van der Waals surface area contributed by atoms with Gasteiger partial charge in [-0.25, -0.2) is 4.39 Å².